The molecule has 0 bridgehead atoms. The summed E-state index contributed by atoms with van der Waals surface area (Å²) in [6.45, 7) is 7.13. The molecule has 0 fully saturated rings. The Bertz CT molecular complexity index is 1080. The van der Waals surface area contributed by atoms with E-state index in [0.717, 1.165) is 10.5 Å². The molecule has 1 heterocycles. The van der Waals surface area contributed by atoms with Crippen LogP contribution in [0.4, 0.5) is 18.9 Å². The van der Waals surface area contributed by atoms with Crippen LogP contribution in [-0.4, -0.2) is 4.57 Å². The van der Waals surface area contributed by atoms with Crippen molar-refractivity contribution >= 4 is 21.6 Å². The first-order chi connectivity index (χ1) is 12.8. The number of hydrogen-bond acceptors (Lipinski definition) is 1. The standard InChI is InChI=1S/C20H12BrF3N2O/c1-25-18-15(20(22,23)24)11-17(13-7-3-2-4-8-13)26(19(18)27)12-14-9-5-6-10-16(14)21/h2-11H,12H2. The molecule has 0 unspecified atom stereocenters. The number of halogens is 4. The van der Waals surface area contributed by atoms with Crippen LogP contribution in [0.25, 0.3) is 16.1 Å². The minimum Gasteiger partial charge on any atom is -0.313 e. The van der Waals surface area contributed by atoms with Crippen molar-refractivity contribution in [2.75, 3.05) is 0 Å². The second kappa shape index (κ2) is 7.41. The zero-order valence-electron chi connectivity index (χ0n) is 13.8. The molecule has 0 amide bonds. The molecule has 0 aliphatic carbocycles. The molecular formula is C20H12BrF3N2O. The second-order valence-corrected chi connectivity index (χ2v) is 6.60. The zero-order chi connectivity index (χ0) is 19.6. The van der Waals surface area contributed by atoms with Crippen molar-refractivity contribution in [2.45, 2.75) is 12.7 Å². The Balaban J connectivity index is 2.33. The third-order valence-corrected chi connectivity index (χ3v) is 4.82. The highest BCUT2D eigenvalue weighted by molar-refractivity contribution is 9.10. The average molecular weight is 433 g/mol. The van der Waals surface area contributed by atoms with Gasteiger partial charge in [0.1, 0.15) is 0 Å². The van der Waals surface area contributed by atoms with E-state index in [4.69, 9.17) is 6.57 Å². The van der Waals surface area contributed by atoms with Gasteiger partial charge in [-0.05, 0) is 23.3 Å². The van der Waals surface area contributed by atoms with E-state index < -0.39 is 23.0 Å². The summed E-state index contributed by atoms with van der Waals surface area (Å²) in [6.07, 6.45) is -4.80. The maximum absolute atomic E-state index is 13.4. The molecule has 0 radical (unpaired) electrons. The van der Waals surface area contributed by atoms with Crippen molar-refractivity contribution in [1.29, 1.82) is 0 Å². The highest BCUT2D eigenvalue weighted by atomic mass is 79.9. The van der Waals surface area contributed by atoms with Crippen LogP contribution >= 0.6 is 15.9 Å². The second-order valence-electron chi connectivity index (χ2n) is 5.75. The molecule has 0 saturated carbocycles. The molecule has 0 aliphatic rings. The third kappa shape index (κ3) is 3.81. The molecule has 0 saturated heterocycles. The van der Waals surface area contributed by atoms with Gasteiger partial charge in [0.25, 0.3) is 11.2 Å². The lowest BCUT2D eigenvalue weighted by molar-refractivity contribution is -0.136. The summed E-state index contributed by atoms with van der Waals surface area (Å²) in [7, 11) is 0. The van der Waals surface area contributed by atoms with Crippen molar-refractivity contribution in [3.05, 3.63) is 98.0 Å². The Morgan fingerprint density at radius 3 is 2.26 bits per heavy atom. The van der Waals surface area contributed by atoms with Gasteiger partial charge in [0.15, 0.2) is 0 Å². The largest absolute Gasteiger partial charge is 0.407 e. The highest BCUT2D eigenvalue weighted by Gasteiger charge is 2.36. The smallest absolute Gasteiger partial charge is 0.313 e. The van der Waals surface area contributed by atoms with Gasteiger partial charge in [-0.15, -0.1) is 0 Å². The molecule has 1 aromatic heterocycles. The lowest BCUT2D eigenvalue weighted by Gasteiger charge is -2.18. The van der Waals surface area contributed by atoms with Crippen LogP contribution in [0.1, 0.15) is 11.1 Å². The minimum atomic E-state index is -4.80. The molecule has 27 heavy (non-hydrogen) atoms. The normalized spacial score (nSPS) is 11.2. The van der Waals surface area contributed by atoms with Gasteiger partial charge in [0.2, 0.25) is 0 Å². The number of benzene rings is 2. The van der Waals surface area contributed by atoms with Gasteiger partial charge < -0.3 is 4.57 Å². The van der Waals surface area contributed by atoms with Crippen LogP contribution in [-0.2, 0) is 12.7 Å². The minimum absolute atomic E-state index is 0.0329. The summed E-state index contributed by atoms with van der Waals surface area (Å²) in [5, 5.41) is 0. The number of nitrogens with zero attached hydrogens (tertiary/aromatic N) is 2. The van der Waals surface area contributed by atoms with E-state index in [1.54, 1.807) is 54.6 Å². The van der Waals surface area contributed by atoms with Crippen molar-refractivity contribution in [1.82, 2.24) is 4.57 Å². The molecule has 2 aromatic carbocycles. The van der Waals surface area contributed by atoms with E-state index in [1.165, 1.54) is 4.57 Å². The number of hydrogen-bond donors (Lipinski definition) is 0. The maximum Gasteiger partial charge on any atom is 0.407 e. The summed E-state index contributed by atoms with van der Waals surface area (Å²) in [4.78, 5) is 15.7. The SMILES string of the molecule is [C-]#[N+]c1c(C(F)(F)F)cc(-c2ccccc2)n(Cc2ccccc2Br)c1=O. The molecule has 7 heteroatoms. The molecule has 3 rings (SSSR count). The Morgan fingerprint density at radius 2 is 1.67 bits per heavy atom. The lowest BCUT2D eigenvalue weighted by atomic mass is 10.1. The van der Waals surface area contributed by atoms with E-state index in [2.05, 4.69) is 20.8 Å². The van der Waals surface area contributed by atoms with Gasteiger partial charge in [-0.3, -0.25) is 4.79 Å². The molecule has 0 atom stereocenters. The number of pyridine rings is 1. The molecular weight excluding hydrogens is 421 g/mol. The van der Waals surface area contributed by atoms with E-state index in [9.17, 15) is 18.0 Å². The predicted molar refractivity (Wildman–Crippen MR) is 101 cm³/mol. The Morgan fingerprint density at radius 1 is 1.04 bits per heavy atom. The van der Waals surface area contributed by atoms with Crippen LogP contribution in [0.15, 0.2) is 69.9 Å². The van der Waals surface area contributed by atoms with Crippen molar-refractivity contribution in [2.24, 2.45) is 0 Å². The summed E-state index contributed by atoms with van der Waals surface area (Å²) < 4.78 is 42.2. The van der Waals surface area contributed by atoms with Crippen LogP contribution in [0.3, 0.4) is 0 Å². The van der Waals surface area contributed by atoms with Crippen LogP contribution in [0, 0.1) is 6.57 Å². The first kappa shape index (κ1) is 18.9. The van der Waals surface area contributed by atoms with E-state index in [0.29, 0.717) is 11.1 Å². The van der Waals surface area contributed by atoms with Crippen molar-refractivity contribution in [3.63, 3.8) is 0 Å². The lowest BCUT2D eigenvalue weighted by Crippen LogP contribution is -2.25. The average Bonchev–Trinajstić information content (AvgIpc) is 2.64. The first-order valence-corrected chi connectivity index (χ1v) is 8.63. The van der Waals surface area contributed by atoms with Gasteiger partial charge in [-0.1, -0.05) is 64.5 Å². The van der Waals surface area contributed by atoms with Crippen LogP contribution < -0.4 is 5.56 Å². The summed E-state index contributed by atoms with van der Waals surface area (Å²) in [5.74, 6) is 0. The highest BCUT2D eigenvalue weighted by Crippen LogP contribution is 2.37. The Kier molecular flexibility index (Phi) is 5.19. The van der Waals surface area contributed by atoms with Crippen molar-refractivity contribution < 1.29 is 13.2 Å². The summed E-state index contributed by atoms with van der Waals surface area (Å²) >= 11 is 3.39. The zero-order valence-corrected chi connectivity index (χ0v) is 15.4. The first-order valence-electron chi connectivity index (χ1n) is 7.84. The van der Waals surface area contributed by atoms with E-state index in [-0.39, 0.29) is 12.2 Å². The van der Waals surface area contributed by atoms with Gasteiger partial charge in [-0.25, -0.2) is 4.85 Å². The fourth-order valence-electron chi connectivity index (χ4n) is 2.76. The fourth-order valence-corrected chi connectivity index (χ4v) is 3.17. The molecule has 136 valence electrons. The Labute approximate surface area is 161 Å². The van der Waals surface area contributed by atoms with Crippen LogP contribution in [0.2, 0.25) is 0 Å². The molecule has 3 nitrogen and oxygen atoms in total. The van der Waals surface area contributed by atoms with E-state index >= 15 is 0 Å². The molecule has 0 aliphatic heterocycles. The quantitative estimate of drug-likeness (QED) is 0.473. The Hall–Kier alpha value is -2.85. The van der Waals surface area contributed by atoms with E-state index in [1.807, 2.05) is 0 Å². The van der Waals surface area contributed by atoms with Gasteiger partial charge in [-0.2, -0.15) is 13.2 Å². The third-order valence-electron chi connectivity index (χ3n) is 4.05. The fraction of sp³-hybridized carbons (Fsp3) is 0.100. The topological polar surface area (TPSA) is 26.4 Å². The van der Waals surface area contributed by atoms with Crippen LogP contribution in [0.5, 0.6) is 0 Å². The summed E-state index contributed by atoms with van der Waals surface area (Å²) in [5.41, 5.74) is -1.82. The van der Waals surface area contributed by atoms with Gasteiger partial charge >= 0.3 is 6.18 Å². The van der Waals surface area contributed by atoms with Gasteiger partial charge in [0.05, 0.1) is 18.7 Å². The maximum atomic E-state index is 13.4. The molecule has 0 N–H and O–H groups in total. The number of aromatic nitrogens is 1. The monoisotopic (exact) mass is 432 g/mol. The predicted octanol–water partition coefficient (Wildman–Crippen LogP) is 5.90. The number of alkyl halides is 3. The summed E-state index contributed by atoms with van der Waals surface area (Å²) in [6, 6.07) is 16.3. The van der Waals surface area contributed by atoms with Crippen molar-refractivity contribution in [3.8, 4) is 11.3 Å². The molecule has 3 aromatic rings. The number of rotatable bonds is 3. The molecule has 0 spiro atoms. The van der Waals surface area contributed by atoms with Gasteiger partial charge in [0, 0.05) is 10.2 Å².